The minimum atomic E-state index is -0.358. The topological polar surface area (TPSA) is 75.6 Å². The summed E-state index contributed by atoms with van der Waals surface area (Å²) >= 11 is 5.99. The molecule has 2 rings (SSSR count). The van der Waals surface area contributed by atoms with E-state index in [0.717, 1.165) is 0 Å². The molecule has 0 aliphatic rings. The van der Waals surface area contributed by atoms with Crippen molar-refractivity contribution in [3.8, 4) is 12.3 Å². The van der Waals surface area contributed by atoms with Crippen LogP contribution in [0.15, 0.2) is 23.4 Å². The lowest BCUT2D eigenvalue weighted by Crippen LogP contribution is -2.26. The lowest BCUT2D eigenvalue weighted by atomic mass is 10.3. The van der Waals surface area contributed by atoms with Crippen LogP contribution in [0, 0.1) is 12.3 Å². The van der Waals surface area contributed by atoms with E-state index in [1.807, 2.05) is 6.92 Å². The van der Waals surface area contributed by atoms with E-state index in [-0.39, 0.29) is 28.9 Å². The van der Waals surface area contributed by atoms with Crippen LogP contribution in [0.25, 0.3) is 0 Å². The Balaban J connectivity index is 2.32. The summed E-state index contributed by atoms with van der Waals surface area (Å²) in [5, 5.41) is 7.12. The van der Waals surface area contributed by atoms with Gasteiger partial charge >= 0.3 is 0 Å². The number of hydrogen-bond acceptors (Lipinski definition) is 4. The van der Waals surface area contributed by atoms with Gasteiger partial charge in [0.2, 0.25) is 0 Å². The Kier molecular flexibility index (Phi) is 3.88. The van der Waals surface area contributed by atoms with E-state index in [2.05, 4.69) is 26.3 Å². The third-order valence-corrected chi connectivity index (χ3v) is 2.82. The second kappa shape index (κ2) is 5.59. The number of halogens is 1. The summed E-state index contributed by atoms with van der Waals surface area (Å²) in [6.07, 6.45) is 9.91. The number of rotatable bonds is 4. The highest BCUT2D eigenvalue weighted by molar-refractivity contribution is 6.33. The summed E-state index contributed by atoms with van der Waals surface area (Å²) in [4.78, 5) is 19.2. The van der Waals surface area contributed by atoms with E-state index in [0.29, 0.717) is 5.82 Å². The predicted octanol–water partition coefficient (Wildman–Crippen LogP) is 1.43. The van der Waals surface area contributed by atoms with Crippen molar-refractivity contribution in [2.24, 2.45) is 0 Å². The zero-order valence-corrected chi connectivity index (χ0v) is 11.0. The highest BCUT2D eigenvalue weighted by Crippen LogP contribution is 2.20. The van der Waals surface area contributed by atoms with Gasteiger partial charge in [-0.1, -0.05) is 17.5 Å². The molecule has 1 atom stereocenters. The minimum Gasteiger partial charge on any atom is -0.370 e. The van der Waals surface area contributed by atoms with Crippen molar-refractivity contribution in [3.05, 3.63) is 39.8 Å². The fourth-order valence-corrected chi connectivity index (χ4v) is 1.78. The molecule has 6 nitrogen and oxygen atoms in total. The zero-order chi connectivity index (χ0) is 13.8. The quantitative estimate of drug-likeness (QED) is 0.829. The molecule has 0 saturated heterocycles. The van der Waals surface area contributed by atoms with Crippen LogP contribution in [0.3, 0.4) is 0 Å². The number of imidazole rings is 1. The van der Waals surface area contributed by atoms with Gasteiger partial charge in [0.05, 0.1) is 17.3 Å². The molecule has 7 heteroatoms. The molecular formula is C12H12ClN5O. The first-order chi connectivity index (χ1) is 9.13. The van der Waals surface area contributed by atoms with Gasteiger partial charge in [-0.25, -0.2) is 9.67 Å². The summed E-state index contributed by atoms with van der Waals surface area (Å²) in [6.45, 7) is 1.96. The van der Waals surface area contributed by atoms with Crippen LogP contribution < -0.4 is 10.9 Å². The lowest BCUT2D eigenvalue weighted by Gasteiger charge is -2.14. The van der Waals surface area contributed by atoms with Crippen LogP contribution in [-0.4, -0.2) is 19.7 Å². The molecule has 1 unspecified atom stereocenters. The monoisotopic (exact) mass is 277 g/mol. The molecule has 2 heterocycles. The normalized spacial score (nSPS) is 11.8. The number of nitrogens with zero attached hydrogens (tertiary/aromatic N) is 3. The first-order valence-electron chi connectivity index (χ1n) is 5.58. The van der Waals surface area contributed by atoms with Crippen LogP contribution in [-0.2, 0) is 6.54 Å². The molecule has 0 aliphatic carbocycles. The first-order valence-corrected chi connectivity index (χ1v) is 5.96. The maximum absolute atomic E-state index is 12.1. The third kappa shape index (κ3) is 2.77. The van der Waals surface area contributed by atoms with Crippen LogP contribution in [0.4, 0.5) is 5.69 Å². The number of anilines is 1. The van der Waals surface area contributed by atoms with Crippen molar-refractivity contribution in [3.63, 3.8) is 0 Å². The molecule has 19 heavy (non-hydrogen) atoms. The van der Waals surface area contributed by atoms with E-state index in [4.69, 9.17) is 18.0 Å². The van der Waals surface area contributed by atoms with Crippen LogP contribution in [0.2, 0.25) is 5.02 Å². The molecule has 98 valence electrons. The van der Waals surface area contributed by atoms with E-state index in [1.54, 1.807) is 12.4 Å². The molecule has 0 radical (unpaired) electrons. The summed E-state index contributed by atoms with van der Waals surface area (Å²) in [5.74, 6) is 3.07. The highest BCUT2D eigenvalue weighted by Gasteiger charge is 2.14. The third-order valence-electron chi connectivity index (χ3n) is 2.53. The largest absolute Gasteiger partial charge is 0.370 e. The Morgan fingerprint density at radius 2 is 2.47 bits per heavy atom. The molecule has 0 bridgehead atoms. The van der Waals surface area contributed by atoms with E-state index in [1.165, 1.54) is 10.9 Å². The van der Waals surface area contributed by atoms with Crippen molar-refractivity contribution in [1.29, 1.82) is 0 Å². The SMILES string of the molecule is C#CCn1ncc(Cl)c(NC(C)c2ncc[nH]2)c1=O. The number of aromatic nitrogens is 4. The van der Waals surface area contributed by atoms with Crippen LogP contribution >= 0.6 is 11.6 Å². The van der Waals surface area contributed by atoms with Gasteiger partial charge in [0.25, 0.3) is 5.56 Å². The van der Waals surface area contributed by atoms with Gasteiger partial charge < -0.3 is 10.3 Å². The predicted molar refractivity (Wildman–Crippen MR) is 73.0 cm³/mol. The smallest absolute Gasteiger partial charge is 0.292 e. The highest BCUT2D eigenvalue weighted by atomic mass is 35.5. The molecule has 0 saturated carbocycles. The fourth-order valence-electron chi connectivity index (χ4n) is 1.60. The first kappa shape index (κ1) is 13.2. The number of terminal acetylenes is 1. The zero-order valence-electron chi connectivity index (χ0n) is 10.2. The number of H-pyrrole nitrogens is 1. The van der Waals surface area contributed by atoms with Crippen molar-refractivity contribution in [2.45, 2.75) is 19.5 Å². The average Bonchev–Trinajstić information content (AvgIpc) is 2.92. The van der Waals surface area contributed by atoms with E-state index < -0.39 is 0 Å². The van der Waals surface area contributed by atoms with Gasteiger partial charge in [0.15, 0.2) is 0 Å². The van der Waals surface area contributed by atoms with Gasteiger partial charge in [0.1, 0.15) is 18.1 Å². The molecule has 2 aromatic rings. The Labute approximate surface area is 114 Å². The van der Waals surface area contributed by atoms with Crippen molar-refractivity contribution >= 4 is 17.3 Å². The van der Waals surface area contributed by atoms with Gasteiger partial charge in [-0.3, -0.25) is 4.79 Å². The molecule has 0 aromatic carbocycles. The Morgan fingerprint density at radius 3 is 3.11 bits per heavy atom. The van der Waals surface area contributed by atoms with Gasteiger partial charge in [-0.2, -0.15) is 5.10 Å². The van der Waals surface area contributed by atoms with Crippen molar-refractivity contribution in [1.82, 2.24) is 19.7 Å². The second-order valence-corrected chi connectivity index (χ2v) is 4.28. The summed E-state index contributed by atoms with van der Waals surface area (Å²) < 4.78 is 1.17. The van der Waals surface area contributed by atoms with Crippen molar-refractivity contribution < 1.29 is 0 Å². The number of aromatic amines is 1. The van der Waals surface area contributed by atoms with E-state index in [9.17, 15) is 4.79 Å². The maximum Gasteiger partial charge on any atom is 0.292 e. The Hall–Kier alpha value is -2.26. The van der Waals surface area contributed by atoms with E-state index >= 15 is 0 Å². The summed E-state index contributed by atoms with van der Waals surface area (Å²) in [6, 6.07) is -0.193. The average molecular weight is 278 g/mol. The number of nitrogens with one attached hydrogen (secondary N) is 2. The molecule has 0 fully saturated rings. The molecule has 2 N–H and O–H groups in total. The Morgan fingerprint density at radius 1 is 1.68 bits per heavy atom. The summed E-state index contributed by atoms with van der Waals surface area (Å²) in [7, 11) is 0. The molecule has 0 amide bonds. The summed E-state index contributed by atoms with van der Waals surface area (Å²) in [5.41, 5.74) is -0.0975. The van der Waals surface area contributed by atoms with Gasteiger partial charge in [-0.05, 0) is 6.92 Å². The molecule has 2 aromatic heterocycles. The second-order valence-electron chi connectivity index (χ2n) is 3.87. The molecule has 0 aliphatic heterocycles. The maximum atomic E-state index is 12.1. The fraction of sp³-hybridized carbons (Fsp3) is 0.250. The molecular weight excluding hydrogens is 266 g/mol. The lowest BCUT2D eigenvalue weighted by molar-refractivity contribution is 0.661. The minimum absolute atomic E-state index is 0.0970. The van der Waals surface area contributed by atoms with Crippen molar-refractivity contribution in [2.75, 3.05) is 5.32 Å². The van der Waals surface area contributed by atoms with Gasteiger partial charge in [0, 0.05) is 12.4 Å². The standard InChI is InChI=1S/C12H12ClN5O/c1-3-6-18-12(19)10(9(13)7-16-18)17-8(2)11-14-4-5-15-11/h1,4-5,7-8,17H,6H2,2H3,(H,14,15). The van der Waals surface area contributed by atoms with Crippen LogP contribution in [0.5, 0.6) is 0 Å². The van der Waals surface area contributed by atoms with Crippen LogP contribution in [0.1, 0.15) is 18.8 Å². The Bertz CT molecular complexity index is 656. The van der Waals surface area contributed by atoms with Gasteiger partial charge in [-0.15, -0.1) is 6.42 Å². The number of hydrogen-bond donors (Lipinski definition) is 2. The molecule has 0 spiro atoms.